The summed E-state index contributed by atoms with van der Waals surface area (Å²) < 4.78 is 10.5. The molecule has 6 heteroatoms. The maximum absolute atomic E-state index is 11.9. The molecule has 146 valence electrons. The Bertz CT molecular complexity index is 904. The summed E-state index contributed by atoms with van der Waals surface area (Å²) >= 11 is 0. The average molecular weight is 379 g/mol. The number of nitrogens with one attached hydrogen (secondary N) is 1. The number of carbonyl (C=O) groups excluding carboxylic acids is 1. The Morgan fingerprint density at radius 1 is 1.29 bits per heavy atom. The SMILES string of the molecule is CCN1c2cc(OC)ccc2C(C#N)C1c1cccc(NC(=O)OC(C)C)c1. The molecule has 0 saturated heterocycles. The van der Waals surface area contributed by atoms with Crippen LogP contribution in [-0.4, -0.2) is 25.9 Å². The number of rotatable bonds is 5. The van der Waals surface area contributed by atoms with Gasteiger partial charge in [0.2, 0.25) is 0 Å². The molecule has 6 nitrogen and oxygen atoms in total. The number of likely N-dealkylation sites (N-methyl/N-ethyl adjacent to an activating group) is 1. The fourth-order valence-electron chi connectivity index (χ4n) is 3.70. The first-order valence-electron chi connectivity index (χ1n) is 9.40. The van der Waals surface area contributed by atoms with E-state index in [2.05, 4.69) is 23.2 Å². The van der Waals surface area contributed by atoms with E-state index in [1.165, 1.54) is 0 Å². The van der Waals surface area contributed by atoms with Crippen LogP contribution in [0, 0.1) is 11.3 Å². The van der Waals surface area contributed by atoms with Crippen molar-refractivity contribution in [3.63, 3.8) is 0 Å². The van der Waals surface area contributed by atoms with Crippen molar-refractivity contribution >= 4 is 17.5 Å². The van der Waals surface area contributed by atoms with Crippen LogP contribution in [0.15, 0.2) is 42.5 Å². The highest BCUT2D eigenvalue weighted by atomic mass is 16.6. The molecule has 2 unspecified atom stereocenters. The van der Waals surface area contributed by atoms with Crippen molar-refractivity contribution in [2.75, 3.05) is 23.9 Å². The molecule has 1 aliphatic heterocycles. The minimum absolute atomic E-state index is 0.139. The van der Waals surface area contributed by atoms with Crippen molar-refractivity contribution in [2.45, 2.75) is 38.8 Å². The first kappa shape index (κ1) is 19.6. The van der Waals surface area contributed by atoms with Gasteiger partial charge in [-0.25, -0.2) is 4.79 Å². The van der Waals surface area contributed by atoms with E-state index in [0.29, 0.717) is 5.69 Å². The number of benzene rings is 2. The van der Waals surface area contributed by atoms with E-state index in [4.69, 9.17) is 9.47 Å². The number of nitriles is 1. The standard InChI is InChI=1S/C22H25N3O3/c1-5-25-20-12-17(27-4)9-10-18(20)19(13-23)21(25)15-7-6-8-16(11-15)24-22(26)28-14(2)3/h6-12,14,19,21H,5H2,1-4H3,(H,24,26). The van der Waals surface area contributed by atoms with Gasteiger partial charge in [-0.3, -0.25) is 5.32 Å². The normalized spacial score (nSPS) is 17.8. The summed E-state index contributed by atoms with van der Waals surface area (Å²) in [6.07, 6.45) is -0.683. The van der Waals surface area contributed by atoms with Crippen LogP contribution in [0.25, 0.3) is 0 Å². The van der Waals surface area contributed by atoms with Gasteiger partial charge >= 0.3 is 6.09 Å². The van der Waals surface area contributed by atoms with E-state index in [9.17, 15) is 10.1 Å². The maximum Gasteiger partial charge on any atom is 0.411 e. The van der Waals surface area contributed by atoms with Crippen LogP contribution < -0.4 is 15.0 Å². The van der Waals surface area contributed by atoms with Gasteiger partial charge in [0.15, 0.2) is 0 Å². The molecule has 1 heterocycles. The Balaban J connectivity index is 1.95. The predicted molar refractivity (Wildman–Crippen MR) is 109 cm³/mol. The molecule has 0 fully saturated rings. The van der Waals surface area contributed by atoms with Gasteiger partial charge < -0.3 is 14.4 Å². The number of anilines is 2. The lowest BCUT2D eigenvalue weighted by atomic mass is 9.91. The van der Waals surface area contributed by atoms with Crippen LogP contribution >= 0.6 is 0 Å². The van der Waals surface area contributed by atoms with Gasteiger partial charge in [-0.2, -0.15) is 5.26 Å². The highest BCUT2D eigenvalue weighted by molar-refractivity contribution is 5.85. The van der Waals surface area contributed by atoms with E-state index in [0.717, 1.165) is 29.1 Å². The van der Waals surface area contributed by atoms with Crippen molar-refractivity contribution in [2.24, 2.45) is 0 Å². The third-order valence-corrected chi connectivity index (χ3v) is 4.83. The molecule has 0 spiro atoms. The van der Waals surface area contributed by atoms with Crippen LogP contribution in [0.5, 0.6) is 5.75 Å². The zero-order chi connectivity index (χ0) is 20.3. The fourth-order valence-corrected chi connectivity index (χ4v) is 3.70. The molecule has 1 amide bonds. The van der Waals surface area contributed by atoms with Crippen molar-refractivity contribution in [1.29, 1.82) is 5.26 Å². The Hall–Kier alpha value is -3.20. The highest BCUT2D eigenvalue weighted by Crippen LogP contribution is 2.49. The number of carbonyl (C=O) groups is 1. The molecule has 2 atom stereocenters. The van der Waals surface area contributed by atoms with Crippen molar-refractivity contribution in [3.05, 3.63) is 53.6 Å². The Morgan fingerprint density at radius 2 is 2.07 bits per heavy atom. The summed E-state index contributed by atoms with van der Waals surface area (Å²) in [5.74, 6) is 0.458. The minimum Gasteiger partial charge on any atom is -0.497 e. The summed E-state index contributed by atoms with van der Waals surface area (Å²) in [5.41, 5.74) is 3.61. The summed E-state index contributed by atoms with van der Waals surface area (Å²) in [6.45, 7) is 6.42. The Labute approximate surface area is 165 Å². The van der Waals surface area contributed by atoms with Gasteiger partial charge in [-0.05, 0) is 50.1 Å². The molecule has 0 radical (unpaired) electrons. The topological polar surface area (TPSA) is 74.6 Å². The lowest BCUT2D eigenvalue weighted by Crippen LogP contribution is -2.26. The molecule has 0 aliphatic carbocycles. The second-order valence-corrected chi connectivity index (χ2v) is 6.97. The van der Waals surface area contributed by atoms with Gasteiger partial charge in [0.05, 0.1) is 31.2 Å². The molecule has 1 N–H and O–H groups in total. The lowest BCUT2D eigenvalue weighted by molar-refractivity contribution is 0.130. The lowest BCUT2D eigenvalue weighted by Gasteiger charge is -2.28. The monoisotopic (exact) mass is 379 g/mol. The Kier molecular flexibility index (Phi) is 5.74. The van der Waals surface area contributed by atoms with E-state index < -0.39 is 6.09 Å². The van der Waals surface area contributed by atoms with E-state index in [1.54, 1.807) is 21.0 Å². The molecule has 1 aliphatic rings. The Morgan fingerprint density at radius 3 is 2.71 bits per heavy atom. The van der Waals surface area contributed by atoms with Crippen molar-refractivity contribution < 1.29 is 14.3 Å². The van der Waals surface area contributed by atoms with E-state index >= 15 is 0 Å². The first-order chi connectivity index (χ1) is 13.5. The zero-order valence-electron chi connectivity index (χ0n) is 16.6. The number of amides is 1. The molecule has 2 aromatic carbocycles. The van der Waals surface area contributed by atoms with Crippen LogP contribution in [0.1, 0.15) is 43.9 Å². The third kappa shape index (κ3) is 3.74. The average Bonchev–Trinajstić information content (AvgIpc) is 2.99. The largest absolute Gasteiger partial charge is 0.497 e. The van der Waals surface area contributed by atoms with Crippen molar-refractivity contribution in [3.8, 4) is 11.8 Å². The molecule has 0 saturated carbocycles. The van der Waals surface area contributed by atoms with Crippen LogP contribution in [-0.2, 0) is 4.74 Å². The minimum atomic E-state index is -0.490. The van der Waals surface area contributed by atoms with Gasteiger partial charge in [-0.15, -0.1) is 0 Å². The summed E-state index contributed by atoms with van der Waals surface area (Å²) in [5, 5.41) is 12.7. The first-order valence-corrected chi connectivity index (χ1v) is 9.40. The number of fused-ring (bicyclic) bond motifs is 1. The summed E-state index contributed by atoms with van der Waals surface area (Å²) in [7, 11) is 1.64. The van der Waals surface area contributed by atoms with Gasteiger partial charge in [0, 0.05) is 24.0 Å². The second-order valence-electron chi connectivity index (χ2n) is 6.97. The molecule has 0 aromatic heterocycles. The summed E-state index contributed by atoms with van der Waals surface area (Å²) in [6, 6.07) is 15.7. The van der Waals surface area contributed by atoms with E-state index in [1.807, 2.05) is 42.5 Å². The predicted octanol–water partition coefficient (Wildman–Crippen LogP) is 4.84. The quantitative estimate of drug-likeness (QED) is 0.804. The van der Waals surface area contributed by atoms with Crippen LogP contribution in [0.4, 0.5) is 16.2 Å². The van der Waals surface area contributed by atoms with Crippen molar-refractivity contribution in [1.82, 2.24) is 0 Å². The van der Waals surface area contributed by atoms with Gasteiger partial charge in [-0.1, -0.05) is 18.2 Å². The summed E-state index contributed by atoms with van der Waals surface area (Å²) in [4.78, 5) is 14.1. The van der Waals surface area contributed by atoms with Gasteiger partial charge in [0.1, 0.15) is 5.75 Å². The smallest absolute Gasteiger partial charge is 0.411 e. The number of hydrogen-bond donors (Lipinski definition) is 1. The van der Waals surface area contributed by atoms with E-state index in [-0.39, 0.29) is 18.1 Å². The maximum atomic E-state index is 11.9. The zero-order valence-corrected chi connectivity index (χ0v) is 16.6. The van der Waals surface area contributed by atoms with Gasteiger partial charge in [0.25, 0.3) is 0 Å². The molecular formula is C22H25N3O3. The molecular weight excluding hydrogens is 354 g/mol. The molecule has 2 aromatic rings. The molecule has 3 rings (SSSR count). The second kappa shape index (κ2) is 8.22. The third-order valence-electron chi connectivity index (χ3n) is 4.83. The molecule has 28 heavy (non-hydrogen) atoms. The molecule has 0 bridgehead atoms. The van der Waals surface area contributed by atoms with Crippen LogP contribution in [0.3, 0.4) is 0 Å². The number of methoxy groups -OCH3 is 1. The van der Waals surface area contributed by atoms with Crippen LogP contribution in [0.2, 0.25) is 0 Å². The number of nitrogens with zero attached hydrogens (tertiary/aromatic N) is 2. The number of hydrogen-bond acceptors (Lipinski definition) is 5. The number of ether oxygens (including phenoxy) is 2. The highest BCUT2D eigenvalue weighted by Gasteiger charge is 2.39. The fraction of sp³-hybridized carbons (Fsp3) is 0.364.